The standard InChI is InChI=1S/C23H36N4O5S/c1-5-14(2)19(27-20(28)17(24)11-12-33-4)22(30)26-18(13-16-9-7-6-8-10-16)21(29)25-15(3)23(31)32/h6-10,14-15,17-19H,5,11-13,24H2,1-4H3,(H,25,29)(H,26,30)(H,27,28)(H,31,32). The summed E-state index contributed by atoms with van der Waals surface area (Å²) in [5.74, 6) is -2.23. The fourth-order valence-corrected chi connectivity index (χ4v) is 3.52. The molecule has 0 heterocycles. The summed E-state index contributed by atoms with van der Waals surface area (Å²) in [4.78, 5) is 49.7. The van der Waals surface area contributed by atoms with Crippen LogP contribution in [-0.4, -0.2) is 65.0 Å². The van der Waals surface area contributed by atoms with Gasteiger partial charge in [0.15, 0.2) is 0 Å². The highest BCUT2D eigenvalue weighted by Gasteiger charge is 2.31. The van der Waals surface area contributed by atoms with Crippen LogP contribution in [0.5, 0.6) is 0 Å². The number of carbonyl (C=O) groups is 4. The van der Waals surface area contributed by atoms with E-state index in [1.807, 2.05) is 50.4 Å². The van der Waals surface area contributed by atoms with Crippen LogP contribution in [0.3, 0.4) is 0 Å². The third-order valence-electron chi connectivity index (χ3n) is 5.41. The number of nitrogens with two attached hydrogens (primary N) is 1. The zero-order valence-electron chi connectivity index (χ0n) is 19.7. The van der Waals surface area contributed by atoms with Gasteiger partial charge in [-0.2, -0.15) is 11.8 Å². The first-order valence-corrected chi connectivity index (χ1v) is 12.4. The Bertz CT molecular complexity index is 792. The van der Waals surface area contributed by atoms with Gasteiger partial charge in [0, 0.05) is 6.42 Å². The van der Waals surface area contributed by atoms with Gasteiger partial charge in [0.25, 0.3) is 0 Å². The van der Waals surface area contributed by atoms with Crippen molar-refractivity contribution in [3.8, 4) is 0 Å². The Labute approximate surface area is 199 Å². The minimum Gasteiger partial charge on any atom is -0.480 e. The molecule has 0 aliphatic carbocycles. The molecule has 1 aromatic rings. The number of carbonyl (C=O) groups excluding carboxylic acids is 3. The number of carboxylic acid groups (broad SMARTS) is 1. The maximum atomic E-state index is 13.2. The van der Waals surface area contributed by atoms with E-state index in [0.29, 0.717) is 12.8 Å². The predicted octanol–water partition coefficient (Wildman–Crippen LogP) is 0.915. The molecule has 0 fully saturated rings. The molecule has 10 heteroatoms. The van der Waals surface area contributed by atoms with Crippen LogP contribution in [0.25, 0.3) is 0 Å². The van der Waals surface area contributed by atoms with Crippen molar-refractivity contribution in [3.63, 3.8) is 0 Å². The number of hydrogen-bond acceptors (Lipinski definition) is 6. The van der Waals surface area contributed by atoms with Crippen molar-refractivity contribution in [1.29, 1.82) is 0 Å². The molecular weight excluding hydrogens is 444 g/mol. The van der Waals surface area contributed by atoms with E-state index in [4.69, 9.17) is 10.8 Å². The summed E-state index contributed by atoms with van der Waals surface area (Å²) >= 11 is 1.58. The minimum absolute atomic E-state index is 0.166. The largest absolute Gasteiger partial charge is 0.480 e. The summed E-state index contributed by atoms with van der Waals surface area (Å²) in [6.07, 6.45) is 3.18. The van der Waals surface area contributed by atoms with Crippen molar-refractivity contribution in [3.05, 3.63) is 35.9 Å². The molecule has 0 aromatic heterocycles. The molecule has 0 aliphatic rings. The highest BCUT2D eigenvalue weighted by Crippen LogP contribution is 2.11. The van der Waals surface area contributed by atoms with Crippen molar-refractivity contribution >= 4 is 35.5 Å². The molecule has 5 atom stereocenters. The van der Waals surface area contributed by atoms with E-state index < -0.39 is 47.9 Å². The third kappa shape index (κ3) is 9.83. The van der Waals surface area contributed by atoms with E-state index in [2.05, 4.69) is 16.0 Å². The molecule has 0 saturated carbocycles. The number of nitrogens with one attached hydrogen (secondary N) is 3. The van der Waals surface area contributed by atoms with Gasteiger partial charge < -0.3 is 26.8 Å². The number of thioether (sulfide) groups is 1. The Kier molecular flexibility index (Phi) is 12.5. The maximum absolute atomic E-state index is 13.2. The molecule has 9 nitrogen and oxygen atoms in total. The molecule has 0 bridgehead atoms. The van der Waals surface area contributed by atoms with Crippen LogP contribution in [0, 0.1) is 5.92 Å². The van der Waals surface area contributed by atoms with Gasteiger partial charge in [-0.15, -0.1) is 0 Å². The van der Waals surface area contributed by atoms with Crippen molar-refractivity contribution < 1.29 is 24.3 Å². The summed E-state index contributed by atoms with van der Waals surface area (Å²) in [7, 11) is 0. The number of hydrogen-bond donors (Lipinski definition) is 5. The summed E-state index contributed by atoms with van der Waals surface area (Å²) in [5, 5.41) is 17.0. The van der Waals surface area contributed by atoms with E-state index in [1.165, 1.54) is 6.92 Å². The van der Waals surface area contributed by atoms with Gasteiger partial charge in [0.2, 0.25) is 17.7 Å². The molecular formula is C23H36N4O5S. The van der Waals surface area contributed by atoms with Crippen molar-refractivity contribution in [2.45, 2.75) is 64.2 Å². The molecule has 0 radical (unpaired) electrons. The highest BCUT2D eigenvalue weighted by molar-refractivity contribution is 7.98. The van der Waals surface area contributed by atoms with Crippen LogP contribution >= 0.6 is 11.8 Å². The molecule has 33 heavy (non-hydrogen) atoms. The lowest BCUT2D eigenvalue weighted by Gasteiger charge is -2.28. The Hall–Kier alpha value is -2.59. The molecule has 1 aromatic carbocycles. The van der Waals surface area contributed by atoms with Gasteiger partial charge >= 0.3 is 5.97 Å². The summed E-state index contributed by atoms with van der Waals surface area (Å²) in [6, 6.07) is 5.31. The fraction of sp³-hybridized carbons (Fsp3) is 0.565. The second-order valence-electron chi connectivity index (χ2n) is 8.08. The molecule has 0 aliphatic heterocycles. The van der Waals surface area contributed by atoms with Crippen LogP contribution in [0.1, 0.15) is 39.2 Å². The molecule has 6 N–H and O–H groups in total. The Morgan fingerprint density at radius 1 is 1.00 bits per heavy atom. The summed E-state index contributed by atoms with van der Waals surface area (Å²) < 4.78 is 0. The Morgan fingerprint density at radius 2 is 1.64 bits per heavy atom. The second-order valence-corrected chi connectivity index (χ2v) is 9.06. The minimum atomic E-state index is -1.18. The zero-order valence-corrected chi connectivity index (χ0v) is 20.5. The maximum Gasteiger partial charge on any atom is 0.325 e. The normalized spacial score (nSPS) is 15.4. The Balaban J connectivity index is 3.03. The van der Waals surface area contributed by atoms with E-state index in [0.717, 1.165) is 11.3 Å². The monoisotopic (exact) mass is 480 g/mol. The molecule has 0 saturated heterocycles. The highest BCUT2D eigenvalue weighted by atomic mass is 32.2. The lowest BCUT2D eigenvalue weighted by molar-refractivity contribution is -0.141. The van der Waals surface area contributed by atoms with Crippen molar-refractivity contribution in [2.24, 2.45) is 11.7 Å². The number of aliphatic carboxylic acids is 1. The first-order chi connectivity index (χ1) is 15.6. The molecule has 3 amide bonds. The van der Waals surface area contributed by atoms with Crippen LogP contribution in [-0.2, 0) is 25.6 Å². The SMILES string of the molecule is CCC(C)C(NC(=O)C(N)CCSC)C(=O)NC(Cc1ccccc1)C(=O)NC(C)C(=O)O. The van der Waals surface area contributed by atoms with Crippen LogP contribution in [0.15, 0.2) is 30.3 Å². The topological polar surface area (TPSA) is 151 Å². The van der Waals surface area contributed by atoms with E-state index in [9.17, 15) is 19.2 Å². The molecule has 1 rings (SSSR count). The number of carboxylic acids is 1. The van der Waals surface area contributed by atoms with Crippen LogP contribution in [0.2, 0.25) is 0 Å². The van der Waals surface area contributed by atoms with Crippen LogP contribution < -0.4 is 21.7 Å². The Morgan fingerprint density at radius 3 is 2.18 bits per heavy atom. The third-order valence-corrected chi connectivity index (χ3v) is 6.05. The molecule has 0 spiro atoms. The quantitative estimate of drug-likeness (QED) is 0.266. The molecule has 184 valence electrons. The van der Waals surface area contributed by atoms with Crippen LogP contribution in [0.4, 0.5) is 0 Å². The zero-order chi connectivity index (χ0) is 25.0. The number of benzene rings is 1. The van der Waals surface area contributed by atoms with Crippen molar-refractivity contribution in [2.75, 3.05) is 12.0 Å². The fourth-order valence-electron chi connectivity index (χ4n) is 3.03. The second kappa shape index (κ2) is 14.5. The molecule has 5 unspecified atom stereocenters. The van der Waals surface area contributed by atoms with Gasteiger partial charge in [-0.05, 0) is 36.8 Å². The first-order valence-electron chi connectivity index (χ1n) is 11.0. The van der Waals surface area contributed by atoms with E-state index >= 15 is 0 Å². The van der Waals surface area contributed by atoms with Gasteiger partial charge in [0.05, 0.1) is 6.04 Å². The van der Waals surface area contributed by atoms with Gasteiger partial charge in [0.1, 0.15) is 18.1 Å². The summed E-state index contributed by atoms with van der Waals surface area (Å²) in [6.45, 7) is 5.07. The number of amides is 3. The predicted molar refractivity (Wildman–Crippen MR) is 130 cm³/mol. The smallest absolute Gasteiger partial charge is 0.325 e. The van der Waals surface area contributed by atoms with Gasteiger partial charge in [-0.1, -0.05) is 50.6 Å². The summed E-state index contributed by atoms with van der Waals surface area (Å²) in [5.41, 5.74) is 6.75. The van der Waals surface area contributed by atoms with Crippen molar-refractivity contribution in [1.82, 2.24) is 16.0 Å². The average Bonchev–Trinajstić information content (AvgIpc) is 2.80. The van der Waals surface area contributed by atoms with Gasteiger partial charge in [-0.3, -0.25) is 19.2 Å². The number of rotatable bonds is 14. The van der Waals surface area contributed by atoms with E-state index in [-0.39, 0.29) is 12.3 Å². The van der Waals surface area contributed by atoms with Gasteiger partial charge in [-0.25, -0.2) is 0 Å². The lowest BCUT2D eigenvalue weighted by Crippen LogP contribution is -2.59. The average molecular weight is 481 g/mol. The van der Waals surface area contributed by atoms with E-state index in [1.54, 1.807) is 11.8 Å². The first kappa shape index (κ1) is 28.4. The lowest BCUT2D eigenvalue weighted by atomic mass is 9.96.